The van der Waals surface area contributed by atoms with E-state index in [1.807, 2.05) is 18.2 Å². The molecular weight excluding hydrogens is 481 g/mol. The summed E-state index contributed by atoms with van der Waals surface area (Å²) >= 11 is 12.4. The molecule has 0 fully saturated rings. The fourth-order valence-electron chi connectivity index (χ4n) is 3.41. The number of anilines is 1. The van der Waals surface area contributed by atoms with Gasteiger partial charge < -0.3 is 14.8 Å². The summed E-state index contributed by atoms with van der Waals surface area (Å²) in [5, 5.41) is 8.35. The van der Waals surface area contributed by atoms with Gasteiger partial charge in [-0.15, -0.1) is 0 Å². The molecule has 1 aromatic carbocycles. The van der Waals surface area contributed by atoms with Gasteiger partial charge in [0, 0.05) is 17.4 Å². The van der Waals surface area contributed by atoms with Crippen molar-refractivity contribution in [3.05, 3.63) is 64.5 Å². The maximum absolute atomic E-state index is 12.8. The first kappa shape index (κ1) is 23.6. The van der Waals surface area contributed by atoms with Crippen molar-refractivity contribution >= 4 is 46.6 Å². The van der Waals surface area contributed by atoms with E-state index in [1.165, 1.54) is 4.68 Å². The number of nitrogens with zero attached hydrogens (tertiary/aromatic N) is 4. The summed E-state index contributed by atoms with van der Waals surface area (Å²) in [5.74, 6) is -0.542. The van der Waals surface area contributed by atoms with Gasteiger partial charge in [0.25, 0.3) is 0 Å². The van der Waals surface area contributed by atoms with Gasteiger partial charge in [0.2, 0.25) is 0 Å². The highest BCUT2D eigenvalue weighted by molar-refractivity contribution is 6.35. The van der Waals surface area contributed by atoms with Gasteiger partial charge in [-0.3, -0.25) is 9.20 Å². The number of nitrogens with one attached hydrogen (secondary N) is 1. The predicted molar refractivity (Wildman–Crippen MR) is 129 cm³/mol. The fourth-order valence-corrected chi connectivity index (χ4v) is 3.90. The summed E-state index contributed by atoms with van der Waals surface area (Å²) in [4.78, 5) is 29.5. The third kappa shape index (κ3) is 4.71. The number of aromatic nitrogens is 4. The second-order valence-corrected chi connectivity index (χ2v) is 7.89. The standard InChI is InChI=1S/C23H21Cl2N5O4/c1-3-33-19(31)12-26-22-20(27-18-7-5-6-10-29(18)22)15-13-30(28-21(15)23(32)34-4-2)17-9-8-14(24)11-16(17)25/h5-11,13,26H,3-4,12H2,1-2H3. The van der Waals surface area contributed by atoms with Crippen LogP contribution in [0.1, 0.15) is 24.3 Å². The molecule has 34 heavy (non-hydrogen) atoms. The molecule has 0 aliphatic heterocycles. The molecule has 0 aliphatic carbocycles. The Labute approximate surface area is 205 Å². The molecule has 9 nitrogen and oxygen atoms in total. The molecule has 0 radical (unpaired) electrons. The molecule has 0 aliphatic rings. The number of hydrogen-bond donors (Lipinski definition) is 1. The van der Waals surface area contributed by atoms with E-state index in [-0.39, 0.29) is 25.5 Å². The van der Waals surface area contributed by atoms with Crippen LogP contribution in [0.5, 0.6) is 0 Å². The number of rotatable bonds is 8. The molecule has 0 amide bonds. The van der Waals surface area contributed by atoms with Crippen molar-refractivity contribution in [3.63, 3.8) is 0 Å². The number of halogens is 2. The average molecular weight is 502 g/mol. The van der Waals surface area contributed by atoms with E-state index in [4.69, 9.17) is 32.7 Å². The number of carbonyl (C=O) groups excluding carboxylic acids is 2. The molecule has 0 saturated carbocycles. The van der Waals surface area contributed by atoms with Crippen LogP contribution in [0.3, 0.4) is 0 Å². The van der Waals surface area contributed by atoms with Crippen LogP contribution in [0.4, 0.5) is 5.82 Å². The fraction of sp³-hybridized carbons (Fsp3) is 0.217. The van der Waals surface area contributed by atoms with Crippen molar-refractivity contribution < 1.29 is 19.1 Å². The van der Waals surface area contributed by atoms with Crippen LogP contribution in [-0.2, 0) is 14.3 Å². The van der Waals surface area contributed by atoms with E-state index in [2.05, 4.69) is 15.4 Å². The normalized spacial score (nSPS) is 10.9. The zero-order valence-corrected chi connectivity index (χ0v) is 19.9. The van der Waals surface area contributed by atoms with E-state index in [0.29, 0.717) is 38.5 Å². The van der Waals surface area contributed by atoms with Gasteiger partial charge in [0.05, 0.1) is 29.5 Å². The van der Waals surface area contributed by atoms with Gasteiger partial charge in [-0.25, -0.2) is 14.5 Å². The number of fused-ring (bicyclic) bond motifs is 1. The van der Waals surface area contributed by atoms with Crippen molar-refractivity contribution in [1.82, 2.24) is 19.2 Å². The first-order valence-electron chi connectivity index (χ1n) is 10.5. The van der Waals surface area contributed by atoms with Crippen LogP contribution in [0.15, 0.2) is 48.8 Å². The predicted octanol–water partition coefficient (Wildman–Crippen LogP) is 4.65. The smallest absolute Gasteiger partial charge is 0.359 e. The van der Waals surface area contributed by atoms with Crippen molar-refractivity contribution in [2.45, 2.75) is 13.8 Å². The lowest BCUT2D eigenvalue weighted by molar-refractivity contribution is -0.140. The van der Waals surface area contributed by atoms with Crippen LogP contribution in [0, 0.1) is 0 Å². The Kier molecular flexibility index (Phi) is 7.04. The highest BCUT2D eigenvalue weighted by atomic mass is 35.5. The van der Waals surface area contributed by atoms with Crippen LogP contribution in [0.2, 0.25) is 10.0 Å². The molecule has 11 heteroatoms. The Hall–Kier alpha value is -3.56. The van der Waals surface area contributed by atoms with E-state index in [1.54, 1.807) is 48.8 Å². The Morgan fingerprint density at radius 3 is 2.62 bits per heavy atom. The molecule has 0 atom stereocenters. The average Bonchev–Trinajstić information content (AvgIpc) is 3.40. The number of hydrogen-bond acceptors (Lipinski definition) is 7. The summed E-state index contributed by atoms with van der Waals surface area (Å²) < 4.78 is 13.5. The van der Waals surface area contributed by atoms with E-state index < -0.39 is 11.9 Å². The lowest BCUT2D eigenvalue weighted by Crippen LogP contribution is -2.18. The largest absolute Gasteiger partial charge is 0.465 e. The van der Waals surface area contributed by atoms with Gasteiger partial charge in [-0.1, -0.05) is 29.3 Å². The van der Waals surface area contributed by atoms with Crippen LogP contribution in [0.25, 0.3) is 22.6 Å². The summed E-state index contributed by atoms with van der Waals surface area (Å²) in [6, 6.07) is 10.4. The lowest BCUT2D eigenvalue weighted by atomic mass is 10.2. The van der Waals surface area contributed by atoms with Crippen LogP contribution in [-0.4, -0.2) is 50.9 Å². The number of ether oxygens (including phenoxy) is 2. The van der Waals surface area contributed by atoms with Crippen molar-refractivity contribution in [1.29, 1.82) is 0 Å². The Morgan fingerprint density at radius 1 is 1.09 bits per heavy atom. The Morgan fingerprint density at radius 2 is 1.88 bits per heavy atom. The summed E-state index contributed by atoms with van der Waals surface area (Å²) in [6.07, 6.45) is 3.43. The number of imidazole rings is 1. The van der Waals surface area contributed by atoms with Gasteiger partial charge in [0.15, 0.2) is 5.69 Å². The van der Waals surface area contributed by atoms with E-state index in [0.717, 1.165) is 0 Å². The van der Waals surface area contributed by atoms with E-state index >= 15 is 0 Å². The zero-order chi connectivity index (χ0) is 24.2. The third-order valence-corrected chi connectivity index (χ3v) is 5.37. The minimum absolute atomic E-state index is 0.0513. The molecule has 3 aromatic heterocycles. The van der Waals surface area contributed by atoms with Gasteiger partial charge >= 0.3 is 11.9 Å². The number of benzene rings is 1. The molecule has 3 heterocycles. The minimum atomic E-state index is -0.616. The highest BCUT2D eigenvalue weighted by Crippen LogP contribution is 2.33. The second-order valence-electron chi connectivity index (χ2n) is 7.05. The van der Waals surface area contributed by atoms with Crippen LogP contribution < -0.4 is 5.32 Å². The number of pyridine rings is 1. The number of carbonyl (C=O) groups is 2. The third-order valence-electron chi connectivity index (χ3n) is 4.83. The Balaban J connectivity index is 1.88. The maximum atomic E-state index is 12.8. The molecule has 4 aromatic rings. The van der Waals surface area contributed by atoms with Gasteiger partial charge in [0.1, 0.15) is 23.7 Å². The molecule has 0 spiro atoms. The molecule has 176 valence electrons. The molecule has 0 bridgehead atoms. The van der Waals surface area contributed by atoms with Gasteiger partial charge in [-0.05, 0) is 44.2 Å². The zero-order valence-electron chi connectivity index (χ0n) is 18.4. The summed E-state index contributed by atoms with van der Waals surface area (Å²) in [7, 11) is 0. The lowest BCUT2D eigenvalue weighted by Gasteiger charge is -2.08. The topological polar surface area (TPSA) is 99.8 Å². The highest BCUT2D eigenvalue weighted by Gasteiger charge is 2.26. The second kappa shape index (κ2) is 10.1. The first-order chi connectivity index (χ1) is 16.4. The number of esters is 2. The summed E-state index contributed by atoms with van der Waals surface area (Å²) in [5.41, 5.74) is 1.99. The first-order valence-corrected chi connectivity index (χ1v) is 11.3. The van der Waals surface area contributed by atoms with Gasteiger partial charge in [-0.2, -0.15) is 5.10 Å². The molecule has 0 unspecified atom stereocenters. The SMILES string of the molecule is CCOC(=O)CNc1c(-c2cn(-c3ccc(Cl)cc3Cl)nc2C(=O)OCC)nc2ccccn12. The monoisotopic (exact) mass is 501 g/mol. The maximum Gasteiger partial charge on any atom is 0.359 e. The van der Waals surface area contributed by atoms with Crippen LogP contribution >= 0.6 is 23.2 Å². The quantitative estimate of drug-likeness (QED) is 0.350. The van der Waals surface area contributed by atoms with Crippen molar-refractivity contribution in [2.24, 2.45) is 0 Å². The molecule has 0 saturated heterocycles. The Bertz CT molecular complexity index is 1360. The minimum Gasteiger partial charge on any atom is -0.465 e. The van der Waals surface area contributed by atoms with Crippen molar-refractivity contribution in [2.75, 3.05) is 25.1 Å². The molecular formula is C23H21Cl2N5O4. The molecule has 1 N–H and O–H groups in total. The van der Waals surface area contributed by atoms with E-state index in [9.17, 15) is 9.59 Å². The summed E-state index contributed by atoms with van der Waals surface area (Å²) in [6.45, 7) is 3.80. The molecule has 4 rings (SSSR count). The van der Waals surface area contributed by atoms with Crippen molar-refractivity contribution in [3.8, 4) is 16.9 Å².